The summed E-state index contributed by atoms with van der Waals surface area (Å²) in [5.41, 5.74) is 0.895. The van der Waals surface area contributed by atoms with Gasteiger partial charge in [0.25, 0.3) is 11.8 Å². The summed E-state index contributed by atoms with van der Waals surface area (Å²) in [4.78, 5) is 8.39. The molecule has 2 heterocycles. The molecule has 28 heavy (non-hydrogen) atoms. The number of alkyl halides is 2. The van der Waals surface area contributed by atoms with Crippen molar-refractivity contribution < 1.29 is 17.6 Å². The minimum absolute atomic E-state index is 0.0815. The van der Waals surface area contributed by atoms with Gasteiger partial charge < -0.3 is 9.73 Å². The van der Waals surface area contributed by atoms with Crippen molar-refractivity contribution in [3.05, 3.63) is 53.9 Å². The molecule has 6 nitrogen and oxygen atoms in total. The lowest BCUT2D eigenvalue weighted by atomic mass is 9.79. The summed E-state index contributed by atoms with van der Waals surface area (Å²) in [7, 11) is 0. The monoisotopic (exact) mass is 389 g/mol. The highest BCUT2D eigenvalue weighted by Gasteiger charge is 2.25. The van der Waals surface area contributed by atoms with Crippen LogP contribution in [0.15, 0.2) is 41.1 Å². The van der Waals surface area contributed by atoms with E-state index in [0.717, 1.165) is 19.3 Å². The highest BCUT2D eigenvalue weighted by molar-refractivity contribution is 5.50. The molecule has 1 aliphatic carbocycles. The Morgan fingerprint density at radius 2 is 1.86 bits per heavy atom. The zero-order chi connectivity index (χ0) is 19.5. The second-order valence-electron chi connectivity index (χ2n) is 6.79. The lowest BCUT2D eigenvalue weighted by Crippen LogP contribution is -2.21. The second kappa shape index (κ2) is 7.95. The quantitative estimate of drug-likeness (QED) is 0.616. The smallest absolute Gasteiger partial charge is 0.314 e. The summed E-state index contributed by atoms with van der Waals surface area (Å²) in [5, 5.41) is 10.0. The van der Waals surface area contributed by atoms with E-state index in [1.165, 1.54) is 24.9 Å². The summed E-state index contributed by atoms with van der Waals surface area (Å²) in [5.74, 6) is -0.256. The summed E-state index contributed by atoms with van der Waals surface area (Å²) < 4.78 is 44.3. The number of hydrogen-bond acceptors (Lipinski definition) is 6. The molecule has 0 amide bonds. The molecule has 1 atom stereocenters. The number of aromatic nitrogens is 4. The first kappa shape index (κ1) is 18.4. The molecule has 0 spiro atoms. The molecule has 0 saturated heterocycles. The van der Waals surface area contributed by atoms with Gasteiger partial charge in [-0.05, 0) is 18.4 Å². The normalized spacial score (nSPS) is 15.4. The average Bonchev–Trinajstić information content (AvgIpc) is 3.15. The van der Waals surface area contributed by atoms with Crippen LogP contribution < -0.4 is 5.32 Å². The molecule has 9 heteroatoms. The van der Waals surface area contributed by atoms with Gasteiger partial charge in [-0.1, -0.05) is 37.5 Å². The average molecular weight is 389 g/mol. The largest absolute Gasteiger partial charge is 0.415 e. The van der Waals surface area contributed by atoms with Crippen molar-refractivity contribution in [3.8, 4) is 11.5 Å². The number of benzene rings is 1. The van der Waals surface area contributed by atoms with Gasteiger partial charge in [0.05, 0.1) is 11.6 Å². The Bertz CT molecular complexity index is 927. The van der Waals surface area contributed by atoms with Crippen LogP contribution in [-0.2, 0) is 0 Å². The van der Waals surface area contributed by atoms with Gasteiger partial charge in [-0.3, -0.25) is 0 Å². The van der Waals surface area contributed by atoms with Crippen LogP contribution in [0.1, 0.15) is 49.6 Å². The van der Waals surface area contributed by atoms with Crippen molar-refractivity contribution >= 4 is 5.95 Å². The molecule has 0 radical (unpaired) electrons. The Morgan fingerprint density at radius 1 is 1.11 bits per heavy atom. The van der Waals surface area contributed by atoms with Crippen LogP contribution in [0.25, 0.3) is 11.5 Å². The lowest BCUT2D eigenvalue weighted by Gasteiger charge is -2.30. The van der Waals surface area contributed by atoms with Gasteiger partial charge in [0.2, 0.25) is 5.95 Å². The maximum atomic E-state index is 14.3. The fourth-order valence-corrected chi connectivity index (χ4v) is 3.19. The van der Waals surface area contributed by atoms with Gasteiger partial charge in [0.1, 0.15) is 5.82 Å². The Hall–Kier alpha value is -2.97. The molecule has 146 valence electrons. The van der Waals surface area contributed by atoms with E-state index in [-0.39, 0.29) is 17.7 Å². The van der Waals surface area contributed by atoms with E-state index in [1.54, 1.807) is 18.2 Å². The first-order chi connectivity index (χ1) is 13.6. The van der Waals surface area contributed by atoms with Crippen molar-refractivity contribution in [1.29, 1.82) is 0 Å². The molecule has 1 unspecified atom stereocenters. The fourth-order valence-electron chi connectivity index (χ4n) is 3.19. The number of nitrogens with one attached hydrogen (secondary N) is 1. The van der Waals surface area contributed by atoms with Crippen LogP contribution in [-0.4, -0.2) is 20.2 Å². The topological polar surface area (TPSA) is 76.7 Å². The fraction of sp³-hybridized carbons (Fsp3) is 0.368. The molecule has 1 fully saturated rings. The maximum Gasteiger partial charge on any atom is 0.314 e. The van der Waals surface area contributed by atoms with Crippen molar-refractivity contribution in [2.24, 2.45) is 5.92 Å². The third-order valence-electron chi connectivity index (χ3n) is 4.90. The van der Waals surface area contributed by atoms with Gasteiger partial charge in [-0.2, -0.15) is 8.78 Å². The SMILES string of the molecule is Fc1ccccc1C(CC1CCC1)Nc1ncc(-c2nnc(C(F)F)o2)cn1. The Balaban J connectivity index is 1.52. The number of halogens is 3. The molecule has 3 aromatic rings. The first-order valence-electron chi connectivity index (χ1n) is 9.05. The molecular weight excluding hydrogens is 371 g/mol. The molecule has 0 bridgehead atoms. The molecule has 0 aliphatic heterocycles. The Kier molecular flexibility index (Phi) is 5.23. The standard InChI is InChI=1S/C19H18F3N5O/c20-14-7-2-1-6-13(14)15(8-11-4-3-5-11)25-19-23-9-12(10-24-19)17-26-27-18(28-17)16(21)22/h1-2,6-7,9-11,15-16H,3-5,8H2,(H,23,24,25). The zero-order valence-corrected chi connectivity index (χ0v) is 14.9. The molecule has 1 N–H and O–H groups in total. The summed E-state index contributed by atoms with van der Waals surface area (Å²) >= 11 is 0. The van der Waals surface area contributed by atoms with E-state index in [4.69, 9.17) is 4.42 Å². The van der Waals surface area contributed by atoms with Crippen LogP contribution in [0.3, 0.4) is 0 Å². The van der Waals surface area contributed by atoms with Crippen molar-refractivity contribution in [2.75, 3.05) is 5.32 Å². The van der Waals surface area contributed by atoms with Gasteiger partial charge in [-0.25, -0.2) is 14.4 Å². The van der Waals surface area contributed by atoms with Crippen LogP contribution in [0.2, 0.25) is 0 Å². The minimum Gasteiger partial charge on any atom is -0.415 e. The van der Waals surface area contributed by atoms with Crippen LogP contribution >= 0.6 is 0 Å². The zero-order valence-electron chi connectivity index (χ0n) is 14.9. The summed E-state index contributed by atoms with van der Waals surface area (Å²) in [6.07, 6.45) is 4.22. The summed E-state index contributed by atoms with van der Waals surface area (Å²) in [6, 6.07) is 6.39. The Morgan fingerprint density at radius 3 is 2.46 bits per heavy atom. The molecular formula is C19H18F3N5O. The number of hydrogen-bond donors (Lipinski definition) is 1. The molecule has 4 rings (SSSR count). The number of nitrogens with zero attached hydrogens (tertiary/aromatic N) is 4. The highest BCUT2D eigenvalue weighted by atomic mass is 19.3. The molecule has 1 aromatic carbocycles. The van der Waals surface area contributed by atoms with E-state index >= 15 is 0 Å². The number of anilines is 1. The lowest BCUT2D eigenvalue weighted by molar-refractivity contribution is 0.116. The predicted molar refractivity (Wildman–Crippen MR) is 95.0 cm³/mol. The Labute approximate surface area is 159 Å². The number of rotatable bonds is 7. The van der Waals surface area contributed by atoms with E-state index in [9.17, 15) is 13.2 Å². The van der Waals surface area contributed by atoms with Gasteiger partial charge in [-0.15, -0.1) is 10.2 Å². The summed E-state index contributed by atoms with van der Waals surface area (Å²) in [6.45, 7) is 0. The van der Waals surface area contributed by atoms with Crippen molar-refractivity contribution in [1.82, 2.24) is 20.2 Å². The van der Waals surface area contributed by atoms with Crippen molar-refractivity contribution in [3.63, 3.8) is 0 Å². The van der Waals surface area contributed by atoms with E-state index < -0.39 is 12.3 Å². The van der Waals surface area contributed by atoms with E-state index in [0.29, 0.717) is 23.0 Å². The van der Waals surface area contributed by atoms with E-state index in [1.807, 2.05) is 0 Å². The highest BCUT2D eigenvalue weighted by Crippen LogP contribution is 2.36. The minimum atomic E-state index is -2.84. The molecule has 2 aromatic heterocycles. The van der Waals surface area contributed by atoms with Gasteiger partial charge >= 0.3 is 6.43 Å². The first-order valence-corrected chi connectivity index (χ1v) is 9.05. The maximum absolute atomic E-state index is 14.3. The van der Waals surface area contributed by atoms with E-state index in [2.05, 4.69) is 25.5 Å². The van der Waals surface area contributed by atoms with Crippen molar-refractivity contribution in [2.45, 2.75) is 38.2 Å². The van der Waals surface area contributed by atoms with Gasteiger partial charge in [0, 0.05) is 18.0 Å². The van der Waals surface area contributed by atoms with Crippen LogP contribution in [0.5, 0.6) is 0 Å². The predicted octanol–water partition coefficient (Wildman–Crippen LogP) is 4.95. The third-order valence-corrected chi connectivity index (χ3v) is 4.90. The second-order valence-corrected chi connectivity index (χ2v) is 6.79. The van der Waals surface area contributed by atoms with Crippen LogP contribution in [0.4, 0.5) is 19.1 Å². The van der Waals surface area contributed by atoms with Crippen LogP contribution in [0, 0.1) is 11.7 Å². The third kappa shape index (κ3) is 3.97. The van der Waals surface area contributed by atoms with Gasteiger partial charge in [0.15, 0.2) is 0 Å². The molecule has 1 aliphatic rings. The molecule has 1 saturated carbocycles.